The van der Waals surface area contributed by atoms with Crippen molar-refractivity contribution in [2.75, 3.05) is 7.11 Å². The van der Waals surface area contributed by atoms with Crippen LogP contribution in [0, 0.1) is 0 Å². The SMILES string of the molecule is CO[SH+]c1ccccc1.O=S(=O)([O-])C(F)(F)F. The topological polar surface area (TPSA) is 66.4 Å². The lowest BCUT2D eigenvalue weighted by Gasteiger charge is -2.08. The standard InChI is InChI=1S/C7H8OS.CHF3O3S/c1-8-9-7-5-3-2-4-6-7;2-1(3,4)8(5,6)7/h2-6H,1H3;(H,5,6,7). The summed E-state index contributed by atoms with van der Waals surface area (Å²) in [6.45, 7) is 0. The van der Waals surface area contributed by atoms with E-state index in [1.807, 2.05) is 30.3 Å². The predicted octanol–water partition coefficient (Wildman–Crippen LogP) is 1.47. The molecule has 0 aliphatic rings. The molecule has 17 heavy (non-hydrogen) atoms. The summed E-state index contributed by atoms with van der Waals surface area (Å²) >= 11 is 0.931. The summed E-state index contributed by atoms with van der Waals surface area (Å²) < 4.78 is 63.8. The molecule has 0 atom stereocenters. The molecule has 9 heteroatoms. The fourth-order valence-corrected chi connectivity index (χ4v) is 1.10. The Morgan fingerprint density at radius 2 is 1.65 bits per heavy atom. The van der Waals surface area contributed by atoms with Crippen molar-refractivity contribution in [1.29, 1.82) is 0 Å². The summed E-state index contributed by atoms with van der Waals surface area (Å²) in [5.41, 5.74) is -5.65. The van der Waals surface area contributed by atoms with E-state index >= 15 is 0 Å². The van der Waals surface area contributed by atoms with Crippen molar-refractivity contribution in [2.45, 2.75) is 10.4 Å². The van der Waals surface area contributed by atoms with Crippen molar-refractivity contribution in [2.24, 2.45) is 0 Å². The maximum atomic E-state index is 10.7. The summed E-state index contributed by atoms with van der Waals surface area (Å²) in [5, 5.41) is 0. The van der Waals surface area contributed by atoms with Crippen molar-refractivity contribution in [3.63, 3.8) is 0 Å². The molecule has 4 nitrogen and oxygen atoms in total. The van der Waals surface area contributed by atoms with Gasteiger partial charge in [-0.05, 0) is 12.1 Å². The van der Waals surface area contributed by atoms with Crippen LogP contribution in [0.2, 0.25) is 0 Å². The lowest BCUT2D eigenvalue weighted by Crippen LogP contribution is -2.21. The number of hydrogen-bond acceptors (Lipinski definition) is 4. The maximum absolute atomic E-state index is 10.7. The second-order valence-electron chi connectivity index (χ2n) is 2.51. The zero-order valence-electron chi connectivity index (χ0n) is 8.51. The van der Waals surface area contributed by atoms with Gasteiger partial charge in [-0.25, -0.2) is 8.42 Å². The molecule has 0 N–H and O–H groups in total. The van der Waals surface area contributed by atoms with Gasteiger partial charge in [-0.1, -0.05) is 18.2 Å². The van der Waals surface area contributed by atoms with E-state index in [1.165, 1.54) is 4.90 Å². The Kier molecular flexibility index (Phi) is 6.53. The van der Waals surface area contributed by atoms with Gasteiger partial charge in [0, 0.05) is 0 Å². The van der Waals surface area contributed by atoms with Crippen LogP contribution in [0.4, 0.5) is 13.2 Å². The Hall–Kier alpha value is -0.770. The van der Waals surface area contributed by atoms with Crippen LogP contribution in [0.5, 0.6) is 0 Å². The summed E-state index contributed by atoms with van der Waals surface area (Å²) in [7, 11) is -4.40. The fraction of sp³-hybridized carbons (Fsp3) is 0.250. The molecule has 1 aromatic carbocycles. The first-order chi connectivity index (χ1) is 7.68. The molecule has 1 rings (SSSR count). The molecule has 0 amide bonds. The summed E-state index contributed by atoms with van der Waals surface area (Å²) in [6, 6.07) is 10.1. The minimum Gasteiger partial charge on any atom is -0.741 e. The molecule has 0 radical (unpaired) electrons. The third-order valence-corrected chi connectivity index (χ3v) is 2.49. The smallest absolute Gasteiger partial charge is 0.485 e. The zero-order chi connectivity index (χ0) is 13.5. The van der Waals surface area contributed by atoms with Crippen molar-refractivity contribution >= 4 is 22.2 Å². The van der Waals surface area contributed by atoms with Crippen LogP contribution in [0.15, 0.2) is 35.2 Å². The number of thiol groups is 1. The second kappa shape index (κ2) is 6.84. The Labute approximate surface area is 101 Å². The maximum Gasteiger partial charge on any atom is 0.485 e. The van der Waals surface area contributed by atoms with Crippen LogP contribution in [0.3, 0.4) is 0 Å². The van der Waals surface area contributed by atoms with Crippen molar-refractivity contribution in [3.05, 3.63) is 30.3 Å². The minimum absolute atomic E-state index is 0.931. The molecule has 0 unspecified atom stereocenters. The van der Waals surface area contributed by atoms with E-state index in [-0.39, 0.29) is 0 Å². The molecule has 0 aliphatic heterocycles. The lowest BCUT2D eigenvalue weighted by atomic mass is 10.4. The molecule has 0 bridgehead atoms. The molecular formula is C8H9F3O4S2. The van der Waals surface area contributed by atoms with Gasteiger partial charge in [0.1, 0.15) is 0 Å². The number of hydrogen-bond donors (Lipinski definition) is 0. The zero-order valence-corrected chi connectivity index (χ0v) is 10.2. The Morgan fingerprint density at radius 3 is 1.94 bits per heavy atom. The third kappa shape index (κ3) is 7.21. The molecule has 0 saturated heterocycles. The molecular weight excluding hydrogens is 281 g/mol. The van der Waals surface area contributed by atoms with E-state index in [4.69, 9.17) is 17.2 Å². The first-order valence-corrected chi connectivity index (χ1v) is 6.22. The average Bonchev–Trinajstić information content (AvgIpc) is 2.17. The molecule has 98 valence electrons. The molecule has 1 aromatic rings. The largest absolute Gasteiger partial charge is 0.741 e. The highest BCUT2D eigenvalue weighted by atomic mass is 32.2. The minimum atomic E-state index is -6.09. The molecule has 0 aromatic heterocycles. The number of rotatable bonds is 2. The van der Waals surface area contributed by atoms with Crippen LogP contribution in [-0.2, 0) is 26.3 Å². The van der Waals surface area contributed by atoms with Crippen LogP contribution in [0.25, 0.3) is 0 Å². The molecule has 0 aliphatic carbocycles. The summed E-state index contributed by atoms with van der Waals surface area (Å²) in [4.78, 5) is 1.19. The van der Waals surface area contributed by atoms with Gasteiger partial charge in [0.15, 0.2) is 27.1 Å². The van der Waals surface area contributed by atoms with Gasteiger partial charge in [-0.2, -0.15) is 17.4 Å². The first-order valence-electron chi connectivity index (χ1n) is 4.00. The highest BCUT2D eigenvalue weighted by Gasteiger charge is 2.36. The quantitative estimate of drug-likeness (QED) is 0.358. The Morgan fingerprint density at radius 1 is 1.24 bits per heavy atom. The van der Waals surface area contributed by atoms with Crippen LogP contribution >= 0.6 is 0 Å². The van der Waals surface area contributed by atoms with Gasteiger partial charge in [0.25, 0.3) is 0 Å². The molecule has 0 saturated carbocycles. The third-order valence-electron chi connectivity index (χ3n) is 1.24. The lowest BCUT2D eigenvalue weighted by molar-refractivity contribution is -0.0517. The number of halogens is 3. The molecule has 0 heterocycles. The van der Waals surface area contributed by atoms with E-state index in [2.05, 4.69) is 0 Å². The predicted molar refractivity (Wildman–Crippen MR) is 56.2 cm³/mol. The van der Waals surface area contributed by atoms with Gasteiger partial charge in [0.05, 0.1) is 7.11 Å². The van der Waals surface area contributed by atoms with Crippen LogP contribution in [-0.4, -0.2) is 25.6 Å². The van der Waals surface area contributed by atoms with Crippen LogP contribution in [0.1, 0.15) is 0 Å². The number of benzene rings is 1. The monoisotopic (exact) mass is 290 g/mol. The first kappa shape index (κ1) is 16.2. The fourth-order valence-electron chi connectivity index (χ4n) is 0.594. The van der Waals surface area contributed by atoms with Gasteiger partial charge >= 0.3 is 5.51 Å². The van der Waals surface area contributed by atoms with Crippen LogP contribution < -0.4 is 0 Å². The van der Waals surface area contributed by atoms with E-state index < -0.39 is 15.6 Å². The highest BCUT2D eigenvalue weighted by Crippen LogP contribution is 2.20. The molecule has 0 fully saturated rings. The van der Waals surface area contributed by atoms with E-state index in [9.17, 15) is 13.2 Å². The van der Waals surface area contributed by atoms with Crippen molar-refractivity contribution in [3.8, 4) is 0 Å². The van der Waals surface area contributed by atoms with Crippen molar-refractivity contribution in [1.82, 2.24) is 0 Å². The Bertz CT molecular complexity index is 416. The van der Waals surface area contributed by atoms with E-state index in [0.717, 1.165) is 12.0 Å². The normalized spacial score (nSPS) is 11.6. The highest BCUT2D eigenvalue weighted by molar-refractivity contribution is 7.86. The van der Waals surface area contributed by atoms with Gasteiger partial charge in [-0.15, -0.1) is 0 Å². The van der Waals surface area contributed by atoms with Gasteiger partial charge in [-0.3, -0.25) is 0 Å². The van der Waals surface area contributed by atoms with E-state index in [0.29, 0.717) is 0 Å². The second-order valence-corrected chi connectivity index (χ2v) is 4.94. The molecule has 0 spiro atoms. The number of alkyl halides is 3. The van der Waals surface area contributed by atoms with Gasteiger partial charge in [0.2, 0.25) is 0 Å². The van der Waals surface area contributed by atoms with Crippen molar-refractivity contribution < 1.29 is 30.3 Å². The summed E-state index contributed by atoms with van der Waals surface area (Å²) in [5.74, 6) is 0. The van der Waals surface area contributed by atoms with Gasteiger partial charge < -0.3 is 4.55 Å². The summed E-state index contributed by atoms with van der Waals surface area (Å²) in [6.07, 6.45) is 0. The average molecular weight is 290 g/mol. The van der Waals surface area contributed by atoms with E-state index in [1.54, 1.807) is 7.11 Å². The Balaban J connectivity index is 0.000000304.